The van der Waals surface area contributed by atoms with E-state index in [1.807, 2.05) is 19.1 Å². The van der Waals surface area contributed by atoms with Gasteiger partial charge in [-0.3, -0.25) is 4.57 Å². The monoisotopic (exact) mass is 358 g/mol. The molecule has 4 rings (SSSR count). The third-order valence-corrected chi connectivity index (χ3v) is 4.35. The van der Waals surface area contributed by atoms with Crippen LogP contribution in [0.25, 0.3) is 27.8 Å². The van der Waals surface area contributed by atoms with Crippen molar-refractivity contribution in [2.24, 2.45) is 0 Å². The summed E-state index contributed by atoms with van der Waals surface area (Å²) in [6, 6.07) is 13.9. The van der Waals surface area contributed by atoms with E-state index in [1.54, 1.807) is 42.4 Å². The first-order chi connectivity index (χ1) is 13.1. The van der Waals surface area contributed by atoms with E-state index in [0.717, 1.165) is 11.1 Å². The van der Waals surface area contributed by atoms with Crippen molar-refractivity contribution in [3.63, 3.8) is 0 Å². The molecular formula is C21H15FN4O. The fraction of sp³-hybridized carbons (Fsp3) is 0.0952. The van der Waals surface area contributed by atoms with Gasteiger partial charge in [-0.2, -0.15) is 5.26 Å². The summed E-state index contributed by atoms with van der Waals surface area (Å²) in [5, 5.41) is 10.7. The van der Waals surface area contributed by atoms with Crippen LogP contribution in [-0.2, 0) is 0 Å². The Bertz CT molecular complexity index is 1210. The molecule has 27 heavy (non-hydrogen) atoms. The first kappa shape index (κ1) is 16.7. The first-order valence-corrected chi connectivity index (χ1v) is 8.29. The lowest BCUT2D eigenvalue weighted by Crippen LogP contribution is -2.03. The summed E-state index contributed by atoms with van der Waals surface area (Å²) in [7, 11) is 1.57. The summed E-state index contributed by atoms with van der Waals surface area (Å²) in [5.74, 6) is 0.719. The molecule has 0 bridgehead atoms. The van der Waals surface area contributed by atoms with Crippen LogP contribution in [-0.4, -0.2) is 21.6 Å². The number of fused-ring (bicyclic) bond motifs is 1. The molecule has 0 fully saturated rings. The van der Waals surface area contributed by atoms with Crippen molar-refractivity contribution in [3.8, 4) is 28.8 Å². The molecule has 0 amide bonds. The summed E-state index contributed by atoms with van der Waals surface area (Å²) in [5.41, 5.74) is 3.05. The highest BCUT2D eigenvalue weighted by molar-refractivity contribution is 5.99. The molecular weight excluding hydrogens is 343 g/mol. The lowest BCUT2D eigenvalue weighted by molar-refractivity contribution is 0.415. The van der Waals surface area contributed by atoms with Crippen molar-refractivity contribution in [3.05, 3.63) is 72.1 Å². The molecule has 0 aliphatic heterocycles. The third kappa shape index (κ3) is 2.89. The zero-order valence-electron chi connectivity index (χ0n) is 14.8. The minimum absolute atomic E-state index is 0.346. The Hall–Kier alpha value is -3.72. The number of hydrogen-bond donors (Lipinski definition) is 0. The summed E-state index contributed by atoms with van der Waals surface area (Å²) in [6.07, 6.45) is 3.41. The van der Waals surface area contributed by atoms with Crippen LogP contribution in [0.15, 0.2) is 55.0 Å². The quantitative estimate of drug-likeness (QED) is 0.544. The van der Waals surface area contributed by atoms with E-state index in [1.165, 1.54) is 12.1 Å². The van der Waals surface area contributed by atoms with Crippen LogP contribution in [0.3, 0.4) is 0 Å². The Balaban J connectivity index is 2.14. The number of pyridine rings is 1. The van der Waals surface area contributed by atoms with Crippen molar-refractivity contribution >= 4 is 10.9 Å². The van der Waals surface area contributed by atoms with Gasteiger partial charge in [-0.25, -0.2) is 14.4 Å². The van der Waals surface area contributed by atoms with Crippen LogP contribution in [0, 0.1) is 24.1 Å². The van der Waals surface area contributed by atoms with E-state index in [2.05, 4.69) is 16.0 Å². The van der Waals surface area contributed by atoms with Crippen molar-refractivity contribution in [2.75, 3.05) is 7.11 Å². The highest BCUT2D eigenvalue weighted by Crippen LogP contribution is 2.36. The maximum Gasteiger partial charge on any atom is 0.157 e. The number of hydrogen-bond acceptors (Lipinski definition) is 4. The average molecular weight is 358 g/mol. The molecule has 2 aromatic carbocycles. The predicted octanol–water partition coefficient (Wildman–Crippen LogP) is 4.42. The van der Waals surface area contributed by atoms with Gasteiger partial charge in [0.2, 0.25) is 0 Å². The smallest absolute Gasteiger partial charge is 0.157 e. The number of imidazole rings is 1. The number of benzene rings is 2. The summed E-state index contributed by atoms with van der Waals surface area (Å²) in [6.45, 7) is 1.86. The Morgan fingerprint density at radius 1 is 1.19 bits per heavy atom. The van der Waals surface area contributed by atoms with Gasteiger partial charge in [-0.1, -0.05) is 12.1 Å². The predicted molar refractivity (Wildman–Crippen MR) is 100 cm³/mol. The lowest BCUT2D eigenvalue weighted by Gasteiger charge is -2.14. The molecule has 0 saturated carbocycles. The maximum atomic E-state index is 13.9. The highest BCUT2D eigenvalue weighted by Gasteiger charge is 2.19. The fourth-order valence-electron chi connectivity index (χ4n) is 3.13. The van der Waals surface area contributed by atoms with Crippen molar-refractivity contribution in [2.45, 2.75) is 6.92 Å². The van der Waals surface area contributed by atoms with Gasteiger partial charge in [-0.05, 0) is 42.8 Å². The topological polar surface area (TPSA) is 63.7 Å². The minimum Gasteiger partial charge on any atom is -0.497 e. The average Bonchev–Trinajstić information content (AvgIpc) is 3.12. The number of ether oxygens (including phenoxy) is 1. The van der Waals surface area contributed by atoms with Crippen LogP contribution in [0.2, 0.25) is 0 Å². The van der Waals surface area contributed by atoms with Gasteiger partial charge in [0.15, 0.2) is 5.82 Å². The second-order valence-electron chi connectivity index (χ2n) is 6.11. The van der Waals surface area contributed by atoms with Crippen LogP contribution >= 0.6 is 0 Å². The van der Waals surface area contributed by atoms with Gasteiger partial charge in [0.1, 0.15) is 29.5 Å². The van der Waals surface area contributed by atoms with Gasteiger partial charge in [0, 0.05) is 17.1 Å². The molecule has 6 heteroatoms. The third-order valence-electron chi connectivity index (χ3n) is 4.35. The summed E-state index contributed by atoms with van der Waals surface area (Å²) < 4.78 is 21.0. The molecule has 0 aliphatic carbocycles. The second kappa shape index (κ2) is 6.54. The standard InChI is InChI=1S/C21H15FN4O/c1-13-11-26(12-24-13)21-18(10-23)20(14-4-3-5-15(22)8-14)17-9-16(27-2)6-7-19(17)25-21/h3-9,11-12H,1-2H3. The number of nitriles is 1. The molecule has 0 N–H and O–H groups in total. The number of rotatable bonds is 3. The summed E-state index contributed by atoms with van der Waals surface area (Å²) in [4.78, 5) is 8.89. The second-order valence-corrected chi connectivity index (χ2v) is 6.11. The minimum atomic E-state index is -0.371. The Kier molecular flexibility index (Phi) is 4.05. The van der Waals surface area contributed by atoms with E-state index < -0.39 is 0 Å². The zero-order chi connectivity index (χ0) is 19.0. The van der Waals surface area contributed by atoms with Crippen molar-refractivity contribution < 1.29 is 9.13 Å². The van der Waals surface area contributed by atoms with Gasteiger partial charge in [0.05, 0.1) is 18.3 Å². The molecule has 0 aliphatic rings. The molecule has 0 unspecified atom stereocenters. The zero-order valence-corrected chi connectivity index (χ0v) is 14.8. The SMILES string of the molecule is COc1ccc2nc(-n3cnc(C)c3)c(C#N)c(-c3cccc(F)c3)c2c1. The van der Waals surface area contributed by atoms with E-state index in [-0.39, 0.29) is 5.82 Å². The maximum absolute atomic E-state index is 13.9. The van der Waals surface area contributed by atoms with Crippen molar-refractivity contribution in [1.82, 2.24) is 14.5 Å². The van der Waals surface area contributed by atoms with Crippen LogP contribution in [0.5, 0.6) is 5.75 Å². The Morgan fingerprint density at radius 2 is 2.04 bits per heavy atom. The van der Waals surface area contributed by atoms with E-state index in [9.17, 15) is 9.65 Å². The lowest BCUT2D eigenvalue weighted by atomic mass is 9.95. The number of aromatic nitrogens is 3. The largest absolute Gasteiger partial charge is 0.497 e. The van der Waals surface area contributed by atoms with Gasteiger partial charge < -0.3 is 4.74 Å². The Labute approximate surface area is 155 Å². The van der Waals surface area contributed by atoms with Gasteiger partial charge >= 0.3 is 0 Å². The van der Waals surface area contributed by atoms with Crippen LogP contribution < -0.4 is 4.74 Å². The highest BCUT2D eigenvalue weighted by atomic mass is 19.1. The Morgan fingerprint density at radius 3 is 2.70 bits per heavy atom. The van der Waals surface area contributed by atoms with E-state index in [0.29, 0.717) is 33.8 Å². The van der Waals surface area contributed by atoms with Crippen LogP contribution in [0.1, 0.15) is 11.3 Å². The number of halogens is 1. The first-order valence-electron chi connectivity index (χ1n) is 8.29. The normalized spacial score (nSPS) is 10.7. The number of nitrogens with zero attached hydrogens (tertiary/aromatic N) is 4. The molecule has 132 valence electrons. The van der Waals surface area contributed by atoms with E-state index in [4.69, 9.17) is 4.74 Å². The van der Waals surface area contributed by atoms with Gasteiger partial charge in [0.25, 0.3) is 0 Å². The van der Waals surface area contributed by atoms with E-state index >= 15 is 0 Å². The molecule has 4 aromatic rings. The molecule has 0 spiro atoms. The molecule has 2 heterocycles. The number of methoxy groups -OCH3 is 1. The van der Waals surface area contributed by atoms with Gasteiger partial charge in [-0.15, -0.1) is 0 Å². The molecule has 0 atom stereocenters. The van der Waals surface area contributed by atoms with Crippen LogP contribution in [0.4, 0.5) is 4.39 Å². The molecule has 0 saturated heterocycles. The molecule has 5 nitrogen and oxygen atoms in total. The fourth-order valence-corrected chi connectivity index (χ4v) is 3.13. The summed E-state index contributed by atoms with van der Waals surface area (Å²) >= 11 is 0. The molecule has 0 radical (unpaired) electrons. The molecule has 2 aromatic heterocycles. The van der Waals surface area contributed by atoms with Crippen molar-refractivity contribution in [1.29, 1.82) is 5.26 Å². The number of aryl methyl sites for hydroxylation is 1.